The molecule has 0 radical (unpaired) electrons. The number of hydrogen-bond acceptors (Lipinski definition) is 4. The van der Waals surface area contributed by atoms with Crippen molar-refractivity contribution >= 4 is 11.7 Å². The lowest BCUT2D eigenvalue weighted by Gasteiger charge is -2.41. The third-order valence-corrected chi connectivity index (χ3v) is 3.95. The zero-order valence-electron chi connectivity index (χ0n) is 13.0. The van der Waals surface area contributed by atoms with Crippen molar-refractivity contribution in [1.82, 2.24) is 14.9 Å². The molecule has 0 spiro atoms. The van der Waals surface area contributed by atoms with Gasteiger partial charge in [0.25, 0.3) is 0 Å². The molecular weight excluding hydrogens is 252 g/mol. The summed E-state index contributed by atoms with van der Waals surface area (Å²) in [6, 6.07) is 2.76. The van der Waals surface area contributed by atoms with Crippen LogP contribution in [0.15, 0.2) is 12.4 Å². The molecule has 0 aromatic carbocycles. The molecule has 0 atom stereocenters. The van der Waals surface area contributed by atoms with Gasteiger partial charge in [0, 0.05) is 37.5 Å². The minimum absolute atomic E-state index is 0.0242. The summed E-state index contributed by atoms with van der Waals surface area (Å²) in [6.45, 7) is 8.03. The monoisotopic (exact) mass is 276 g/mol. The van der Waals surface area contributed by atoms with Gasteiger partial charge in [0.2, 0.25) is 5.91 Å². The maximum Gasteiger partial charge on any atom is 0.219 e. The van der Waals surface area contributed by atoms with Gasteiger partial charge in [-0.3, -0.25) is 4.79 Å². The highest BCUT2D eigenvalue weighted by molar-refractivity contribution is 5.73. The quantitative estimate of drug-likeness (QED) is 0.919. The van der Waals surface area contributed by atoms with Gasteiger partial charge in [-0.1, -0.05) is 20.8 Å². The molecule has 1 fully saturated rings. The van der Waals surface area contributed by atoms with Gasteiger partial charge in [-0.05, 0) is 12.8 Å². The second-order valence-corrected chi connectivity index (χ2v) is 6.63. The van der Waals surface area contributed by atoms with E-state index in [0.29, 0.717) is 12.1 Å². The number of carbonyl (C=O) groups excluding carboxylic acids is 1. The zero-order valence-corrected chi connectivity index (χ0v) is 13.0. The van der Waals surface area contributed by atoms with E-state index in [0.717, 1.165) is 24.4 Å². The third-order valence-electron chi connectivity index (χ3n) is 3.95. The standard InChI is InChI=1S/C15H24N4O/c1-10(20)19(5)12-6-11(7-12)18-14-8-13(15(2,3)4)16-9-17-14/h8-9,11-12H,6-7H2,1-5H3,(H,16,17,18)/t11-,12-. The highest BCUT2D eigenvalue weighted by Gasteiger charge is 2.33. The van der Waals surface area contributed by atoms with E-state index in [2.05, 4.69) is 36.1 Å². The first-order valence-corrected chi connectivity index (χ1v) is 7.10. The molecule has 0 bridgehead atoms. The van der Waals surface area contributed by atoms with Crippen LogP contribution in [0.1, 0.15) is 46.2 Å². The third kappa shape index (κ3) is 3.26. The number of amides is 1. The fourth-order valence-electron chi connectivity index (χ4n) is 2.33. The molecular formula is C15H24N4O. The fraction of sp³-hybridized carbons (Fsp3) is 0.667. The molecule has 0 unspecified atom stereocenters. The van der Waals surface area contributed by atoms with E-state index in [1.165, 1.54) is 0 Å². The lowest BCUT2D eigenvalue weighted by molar-refractivity contribution is -0.131. The van der Waals surface area contributed by atoms with Gasteiger partial charge < -0.3 is 10.2 Å². The zero-order chi connectivity index (χ0) is 14.9. The molecule has 0 aliphatic heterocycles. The number of rotatable bonds is 3. The molecule has 1 aliphatic rings. The molecule has 5 nitrogen and oxygen atoms in total. The predicted octanol–water partition coefficient (Wildman–Crippen LogP) is 2.20. The highest BCUT2D eigenvalue weighted by atomic mass is 16.2. The lowest BCUT2D eigenvalue weighted by atomic mass is 9.85. The van der Waals surface area contributed by atoms with Crippen LogP contribution in [-0.4, -0.2) is 39.9 Å². The Morgan fingerprint density at radius 2 is 2.00 bits per heavy atom. The van der Waals surface area contributed by atoms with Crippen LogP contribution in [0.4, 0.5) is 5.82 Å². The SMILES string of the molecule is CC(=O)N(C)[C@H]1C[C@H](Nc2cc(C(C)(C)C)ncn2)C1. The van der Waals surface area contributed by atoms with E-state index >= 15 is 0 Å². The van der Waals surface area contributed by atoms with Crippen molar-refractivity contribution in [3.63, 3.8) is 0 Å². The van der Waals surface area contributed by atoms with Crippen molar-refractivity contribution in [3.8, 4) is 0 Å². The Labute approximate surface area is 120 Å². The van der Waals surface area contributed by atoms with Gasteiger partial charge in [0.1, 0.15) is 12.1 Å². The number of nitrogens with zero attached hydrogens (tertiary/aromatic N) is 3. The first kappa shape index (κ1) is 14.8. The van der Waals surface area contributed by atoms with Crippen LogP contribution in [0.5, 0.6) is 0 Å². The van der Waals surface area contributed by atoms with Crippen molar-refractivity contribution in [2.75, 3.05) is 12.4 Å². The Hall–Kier alpha value is -1.65. The average molecular weight is 276 g/mol. The summed E-state index contributed by atoms with van der Waals surface area (Å²) in [6.07, 6.45) is 3.57. The van der Waals surface area contributed by atoms with Crippen molar-refractivity contribution < 1.29 is 4.79 Å². The molecule has 1 saturated carbocycles. The van der Waals surface area contributed by atoms with Gasteiger partial charge in [0.05, 0.1) is 5.69 Å². The van der Waals surface area contributed by atoms with Crippen LogP contribution in [-0.2, 0) is 10.2 Å². The Balaban J connectivity index is 1.92. The van der Waals surface area contributed by atoms with E-state index < -0.39 is 0 Å². The Morgan fingerprint density at radius 1 is 1.35 bits per heavy atom. The van der Waals surface area contributed by atoms with Crippen LogP contribution >= 0.6 is 0 Å². The topological polar surface area (TPSA) is 58.1 Å². The summed E-state index contributed by atoms with van der Waals surface area (Å²) in [4.78, 5) is 21.7. The second-order valence-electron chi connectivity index (χ2n) is 6.63. The van der Waals surface area contributed by atoms with Crippen molar-refractivity contribution in [3.05, 3.63) is 18.1 Å². The van der Waals surface area contributed by atoms with Crippen LogP contribution in [0, 0.1) is 0 Å². The normalized spacial score (nSPS) is 22.1. The molecule has 5 heteroatoms. The van der Waals surface area contributed by atoms with Crippen LogP contribution < -0.4 is 5.32 Å². The maximum atomic E-state index is 11.3. The summed E-state index contributed by atoms with van der Waals surface area (Å²) >= 11 is 0. The average Bonchev–Trinajstić information content (AvgIpc) is 2.31. The molecule has 1 aromatic rings. The van der Waals surface area contributed by atoms with E-state index in [9.17, 15) is 4.79 Å². The summed E-state index contributed by atoms with van der Waals surface area (Å²) in [5, 5.41) is 3.43. The van der Waals surface area contributed by atoms with Crippen LogP contribution in [0.3, 0.4) is 0 Å². The Morgan fingerprint density at radius 3 is 2.55 bits per heavy atom. The smallest absolute Gasteiger partial charge is 0.219 e. The van der Waals surface area contributed by atoms with Gasteiger partial charge in [-0.15, -0.1) is 0 Å². The molecule has 110 valence electrons. The summed E-state index contributed by atoms with van der Waals surface area (Å²) < 4.78 is 0. The number of nitrogens with one attached hydrogen (secondary N) is 1. The molecule has 1 heterocycles. The molecule has 1 aromatic heterocycles. The van der Waals surface area contributed by atoms with Crippen molar-refractivity contribution in [1.29, 1.82) is 0 Å². The number of carbonyl (C=O) groups is 1. The van der Waals surface area contributed by atoms with Gasteiger partial charge in [0.15, 0.2) is 0 Å². The number of anilines is 1. The number of aromatic nitrogens is 2. The van der Waals surface area contributed by atoms with E-state index in [-0.39, 0.29) is 11.3 Å². The Bertz CT molecular complexity index is 489. The van der Waals surface area contributed by atoms with Crippen LogP contribution in [0.2, 0.25) is 0 Å². The number of hydrogen-bond donors (Lipinski definition) is 1. The first-order chi connectivity index (χ1) is 9.27. The van der Waals surface area contributed by atoms with Crippen LogP contribution in [0.25, 0.3) is 0 Å². The van der Waals surface area contributed by atoms with E-state index in [1.807, 2.05) is 18.0 Å². The minimum Gasteiger partial charge on any atom is -0.367 e. The summed E-state index contributed by atoms with van der Waals surface area (Å²) in [5.74, 6) is 1.00. The molecule has 20 heavy (non-hydrogen) atoms. The molecule has 0 saturated heterocycles. The van der Waals surface area contributed by atoms with E-state index in [4.69, 9.17) is 0 Å². The largest absolute Gasteiger partial charge is 0.367 e. The summed E-state index contributed by atoms with van der Waals surface area (Å²) in [5.41, 5.74) is 1.06. The predicted molar refractivity (Wildman–Crippen MR) is 79.6 cm³/mol. The Kier molecular flexibility index (Phi) is 3.97. The van der Waals surface area contributed by atoms with Gasteiger partial charge in [-0.2, -0.15) is 0 Å². The van der Waals surface area contributed by atoms with E-state index in [1.54, 1.807) is 13.3 Å². The first-order valence-electron chi connectivity index (χ1n) is 7.10. The summed E-state index contributed by atoms with van der Waals surface area (Å²) in [7, 11) is 1.87. The molecule has 1 amide bonds. The molecule has 1 N–H and O–H groups in total. The van der Waals surface area contributed by atoms with Gasteiger partial charge in [-0.25, -0.2) is 9.97 Å². The molecule has 2 rings (SSSR count). The van der Waals surface area contributed by atoms with Gasteiger partial charge >= 0.3 is 0 Å². The highest BCUT2D eigenvalue weighted by Crippen LogP contribution is 2.28. The lowest BCUT2D eigenvalue weighted by Crippen LogP contribution is -2.50. The molecule has 1 aliphatic carbocycles. The maximum absolute atomic E-state index is 11.3. The van der Waals surface area contributed by atoms with Crippen molar-refractivity contribution in [2.24, 2.45) is 0 Å². The minimum atomic E-state index is 0.0242. The second kappa shape index (κ2) is 5.38. The fourth-order valence-corrected chi connectivity index (χ4v) is 2.33. The van der Waals surface area contributed by atoms with Crippen molar-refractivity contribution in [2.45, 2.75) is 58.0 Å².